The Kier molecular flexibility index (Phi) is 26.0. The smallest absolute Gasteiger partial charge is 0.245 e. The SMILES string of the molecule is CC[C@H](C)[C@H](NC(=O)[C@H](CC(C)C)NC(=O)[C@H](CO)NC(=O)[C@H](CCCN=C(N)N)NC(=O)[C@H](CCCCN)NC(=O)[C@H](C)NC(=O)[C@@H](N)Cc1cnc[nH]1)C(=O)N[C@@H](Cc1ccccc1)C(N)=O. The van der Waals surface area contributed by atoms with E-state index in [4.69, 9.17) is 28.7 Å². The van der Waals surface area contributed by atoms with Crippen LogP contribution in [0.3, 0.4) is 0 Å². The molecule has 1 aromatic heterocycles. The summed E-state index contributed by atoms with van der Waals surface area (Å²) < 4.78 is 0. The van der Waals surface area contributed by atoms with Gasteiger partial charge in [0.2, 0.25) is 47.3 Å². The van der Waals surface area contributed by atoms with E-state index in [2.05, 4.69) is 52.2 Å². The highest BCUT2D eigenvalue weighted by molar-refractivity contribution is 5.97. The number of nitrogens with one attached hydrogen (secondary N) is 8. The van der Waals surface area contributed by atoms with Crippen molar-refractivity contribution in [2.75, 3.05) is 19.7 Å². The first kappa shape index (κ1) is 58.5. The molecule has 24 nitrogen and oxygen atoms in total. The minimum atomic E-state index is -1.64. The van der Waals surface area contributed by atoms with Crippen LogP contribution in [0.1, 0.15) is 90.8 Å². The van der Waals surface area contributed by atoms with E-state index in [9.17, 15) is 43.5 Å². The number of hydrogen-bond donors (Lipinski definition) is 14. The van der Waals surface area contributed by atoms with Gasteiger partial charge in [0.15, 0.2) is 5.96 Å². The Bertz CT molecular complexity index is 1980. The summed E-state index contributed by atoms with van der Waals surface area (Å²) in [6.45, 7) is 7.99. The number of unbranched alkanes of at least 4 members (excludes halogenated alkanes) is 1. The number of H-pyrrole nitrogens is 1. The van der Waals surface area contributed by atoms with Crippen LogP contribution in [-0.4, -0.2) is 136 Å². The molecule has 8 amide bonds. The Morgan fingerprint density at radius 3 is 1.80 bits per heavy atom. The number of rotatable bonds is 32. The molecule has 19 N–H and O–H groups in total. The molecule has 2 aromatic rings. The summed E-state index contributed by atoms with van der Waals surface area (Å²) in [5.41, 5.74) is 29.7. The number of aliphatic hydroxyl groups excluding tert-OH is 1. The zero-order chi connectivity index (χ0) is 51.6. The third-order valence-corrected chi connectivity index (χ3v) is 11.1. The number of guanidine groups is 1. The fourth-order valence-electron chi connectivity index (χ4n) is 6.95. The number of nitrogens with two attached hydrogens (primary N) is 5. The topological polar surface area (TPSA) is 412 Å². The van der Waals surface area contributed by atoms with E-state index in [0.717, 1.165) is 5.56 Å². The standard InChI is InChI=1S/C45H75N15O9/c1-6-26(4)36(44(69)57-33(37(48)62)20-28-13-8-7-9-14-28)60-42(67)34(19-25(2)3)58-43(68)35(23-61)59-41(66)32(16-12-18-52-45(49)50)56-40(65)31(15-10-11-17-46)55-38(63)27(5)54-39(64)30(47)21-29-22-51-24-53-29/h7-9,13-14,22,24-27,30-36,61H,6,10-12,15-21,23,46-47H2,1-5H3,(H2,48,62)(H,51,53)(H,54,64)(H,55,63)(H,56,65)(H,57,69)(H,58,68)(H,59,66)(H,60,67)(H4,49,50,52)/t26-,27-,30-,31-,32-,33-,34-,35-,36-/m0/s1. The predicted octanol–water partition coefficient (Wildman–Crippen LogP) is -3.31. The Morgan fingerprint density at radius 1 is 0.681 bits per heavy atom. The van der Waals surface area contributed by atoms with E-state index >= 15 is 0 Å². The normalized spacial score (nSPS) is 15.0. The molecule has 384 valence electrons. The summed E-state index contributed by atoms with van der Waals surface area (Å²) in [6, 6.07) is -0.920. The van der Waals surface area contributed by atoms with E-state index < -0.39 is 108 Å². The van der Waals surface area contributed by atoms with Gasteiger partial charge in [-0.15, -0.1) is 0 Å². The van der Waals surface area contributed by atoms with Crippen molar-refractivity contribution < 1.29 is 43.5 Å². The van der Waals surface area contributed by atoms with E-state index in [1.54, 1.807) is 51.1 Å². The zero-order valence-corrected chi connectivity index (χ0v) is 40.3. The third-order valence-electron chi connectivity index (χ3n) is 11.1. The van der Waals surface area contributed by atoms with Gasteiger partial charge < -0.3 is 76.0 Å². The summed E-state index contributed by atoms with van der Waals surface area (Å²) in [5.74, 6) is -6.97. The van der Waals surface area contributed by atoms with Crippen LogP contribution in [0.25, 0.3) is 0 Å². The van der Waals surface area contributed by atoms with Gasteiger partial charge in [0, 0.05) is 31.3 Å². The lowest BCUT2D eigenvalue weighted by atomic mass is 9.96. The molecule has 0 unspecified atom stereocenters. The molecule has 0 radical (unpaired) electrons. The maximum absolute atomic E-state index is 13.9. The first-order valence-corrected chi connectivity index (χ1v) is 23.3. The predicted molar refractivity (Wildman–Crippen MR) is 258 cm³/mol. The quantitative estimate of drug-likeness (QED) is 0.0194. The van der Waals surface area contributed by atoms with Crippen molar-refractivity contribution in [1.82, 2.24) is 47.2 Å². The average Bonchev–Trinajstić information content (AvgIpc) is 3.82. The molecule has 2 rings (SSSR count). The largest absolute Gasteiger partial charge is 0.394 e. The third kappa shape index (κ3) is 21.5. The highest BCUT2D eigenvalue weighted by Crippen LogP contribution is 2.13. The van der Waals surface area contributed by atoms with Crippen LogP contribution in [0.4, 0.5) is 0 Å². The zero-order valence-electron chi connectivity index (χ0n) is 40.3. The number of aliphatic imine (C=N–C) groups is 1. The van der Waals surface area contributed by atoms with Crippen molar-refractivity contribution >= 4 is 53.2 Å². The monoisotopic (exact) mass is 970 g/mol. The van der Waals surface area contributed by atoms with Gasteiger partial charge in [-0.05, 0) is 69.4 Å². The van der Waals surface area contributed by atoms with E-state index in [1.165, 1.54) is 19.4 Å². The van der Waals surface area contributed by atoms with Gasteiger partial charge in [-0.25, -0.2) is 4.98 Å². The molecule has 69 heavy (non-hydrogen) atoms. The van der Waals surface area contributed by atoms with Crippen LogP contribution < -0.4 is 65.9 Å². The summed E-state index contributed by atoms with van der Waals surface area (Å²) in [6.07, 6.45) is 4.79. The molecule has 1 heterocycles. The maximum Gasteiger partial charge on any atom is 0.245 e. The number of carbonyl (C=O) groups is 8. The highest BCUT2D eigenvalue weighted by Gasteiger charge is 2.35. The van der Waals surface area contributed by atoms with E-state index in [1.807, 2.05) is 6.92 Å². The molecule has 0 aliphatic rings. The lowest BCUT2D eigenvalue weighted by Crippen LogP contribution is -2.61. The lowest BCUT2D eigenvalue weighted by Gasteiger charge is -2.29. The van der Waals surface area contributed by atoms with Crippen LogP contribution in [0.2, 0.25) is 0 Å². The number of aromatic nitrogens is 2. The second-order valence-electron chi connectivity index (χ2n) is 17.4. The van der Waals surface area contributed by atoms with Crippen molar-refractivity contribution in [3.05, 3.63) is 54.1 Å². The van der Waals surface area contributed by atoms with Crippen LogP contribution in [0.15, 0.2) is 47.8 Å². The number of hydrogen-bond acceptors (Lipinski definition) is 13. The molecule has 0 saturated carbocycles. The van der Waals surface area contributed by atoms with E-state index in [-0.39, 0.29) is 56.9 Å². The molecule has 0 saturated heterocycles. The molecule has 0 aliphatic carbocycles. The Morgan fingerprint density at radius 2 is 1.25 bits per heavy atom. The van der Waals surface area contributed by atoms with Crippen LogP contribution >= 0.6 is 0 Å². The van der Waals surface area contributed by atoms with Gasteiger partial charge >= 0.3 is 0 Å². The first-order valence-electron chi connectivity index (χ1n) is 23.3. The van der Waals surface area contributed by atoms with Gasteiger partial charge in [0.25, 0.3) is 0 Å². The fraction of sp³-hybridized carbons (Fsp3) is 0.600. The molecular weight excluding hydrogens is 895 g/mol. The Balaban J connectivity index is 2.28. The number of carbonyl (C=O) groups excluding carboxylic acids is 8. The van der Waals surface area contributed by atoms with Gasteiger partial charge in [0.1, 0.15) is 42.3 Å². The molecule has 1 aromatic carbocycles. The Hall–Kier alpha value is -6.66. The van der Waals surface area contributed by atoms with Crippen LogP contribution in [0.5, 0.6) is 0 Å². The second-order valence-corrected chi connectivity index (χ2v) is 17.4. The van der Waals surface area contributed by atoms with E-state index in [0.29, 0.717) is 31.5 Å². The molecule has 24 heteroatoms. The number of aliphatic hydroxyl groups is 1. The highest BCUT2D eigenvalue weighted by atomic mass is 16.3. The minimum absolute atomic E-state index is 0.0557. The number of aromatic amines is 1. The number of imidazole rings is 1. The first-order chi connectivity index (χ1) is 32.7. The van der Waals surface area contributed by atoms with Crippen molar-refractivity contribution in [1.29, 1.82) is 0 Å². The molecular formula is C45H75N15O9. The van der Waals surface area contributed by atoms with Gasteiger partial charge in [0.05, 0.1) is 19.0 Å². The van der Waals surface area contributed by atoms with Crippen LogP contribution in [0, 0.1) is 11.8 Å². The van der Waals surface area contributed by atoms with Crippen molar-refractivity contribution in [3.63, 3.8) is 0 Å². The van der Waals surface area contributed by atoms with Gasteiger partial charge in [-0.2, -0.15) is 0 Å². The number of benzene rings is 1. The van der Waals surface area contributed by atoms with Gasteiger partial charge in [-0.1, -0.05) is 64.4 Å². The molecule has 0 bridgehead atoms. The molecule has 0 spiro atoms. The number of amides is 8. The summed E-state index contributed by atoms with van der Waals surface area (Å²) in [7, 11) is 0. The van der Waals surface area contributed by atoms with Gasteiger partial charge in [-0.3, -0.25) is 43.3 Å². The summed E-state index contributed by atoms with van der Waals surface area (Å²) in [5, 5.41) is 28.6. The summed E-state index contributed by atoms with van der Waals surface area (Å²) >= 11 is 0. The van der Waals surface area contributed by atoms with Crippen molar-refractivity contribution in [3.8, 4) is 0 Å². The van der Waals surface area contributed by atoms with Crippen molar-refractivity contribution in [2.24, 2.45) is 45.5 Å². The lowest BCUT2D eigenvalue weighted by molar-refractivity contribution is -0.136. The maximum atomic E-state index is 13.9. The van der Waals surface area contributed by atoms with Crippen LogP contribution in [-0.2, 0) is 51.2 Å². The minimum Gasteiger partial charge on any atom is -0.394 e. The summed E-state index contributed by atoms with van der Waals surface area (Å²) in [4.78, 5) is 118. The number of nitrogens with zero attached hydrogens (tertiary/aromatic N) is 2. The Labute approximate surface area is 403 Å². The number of primary amides is 1. The fourth-order valence-corrected chi connectivity index (χ4v) is 6.95. The average molecular weight is 970 g/mol. The van der Waals surface area contributed by atoms with Crippen molar-refractivity contribution in [2.45, 2.75) is 141 Å². The second kappa shape index (κ2) is 30.7. The molecule has 9 atom stereocenters. The molecule has 0 fully saturated rings. The molecule has 0 aliphatic heterocycles.